The third-order valence-corrected chi connectivity index (χ3v) is 3.74. The minimum absolute atomic E-state index is 0.668. The molecule has 0 spiro atoms. The average molecular weight is 344 g/mol. The number of ether oxygens (including phenoxy) is 1. The molecule has 1 heterocycles. The lowest BCUT2D eigenvalue weighted by Gasteiger charge is -2.14. The molecule has 0 saturated carbocycles. The van der Waals surface area contributed by atoms with E-state index in [4.69, 9.17) is 16.3 Å². The number of nitrogens with zero attached hydrogens (tertiary/aromatic N) is 1. The Bertz CT molecular complexity index is 569. The number of anilines is 1. The van der Waals surface area contributed by atoms with E-state index in [9.17, 15) is 0 Å². The smallest absolute Gasteiger partial charge is 0.156 e. The Morgan fingerprint density at radius 3 is 2.89 bits per heavy atom. The summed E-state index contributed by atoms with van der Waals surface area (Å²) in [5, 5.41) is 4.03. The van der Waals surface area contributed by atoms with Gasteiger partial charge in [-0.15, -0.1) is 0 Å². The molecule has 0 saturated heterocycles. The fraction of sp³-hybridized carbons (Fsp3) is 0.286. The largest absolute Gasteiger partial charge is 0.493 e. The molecule has 0 bridgehead atoms. The molecule has 0 atom stereocenters. The highest BCUT2D eigenvalue weighted by Crippen LogP contribution is 2.36. The number of rotatable bonds is 5. The molecule has 0 unspecified atom stereocenters. The molecule has 0 aliphatic heterocycles. The van der Waals surface area contributed by atoms with Gasteiger partial charge in [-0.2, -0.15) is 0 Å². The lowest BCUT2D eigenvalue weighted by molar-refractivity contribution is 0.414. The molecular formula is C14H16BrClN2O. The second-order valence-corrected chi connectivity index (χ2v) is 5.40. The van der Waals surface area contributed by atoms with E-state index in [0.29, 0.717) is 5.02 Å². The molecule has 102 valence electrons. The number of aromatic nitrogens is 1. The zero-order chi connectivity index (χ0) is 13.8. The molecule has 5 heteroatoms. The van der Waals surface area contributed by atoms with E-state index in [1.807, 2.05) is 18.2 Å². The predicted octanol–water partition coefficient (Wildman–Crippen LogP) is 4.54. The molecule has 1 N–H and O–H groups in total. The zero-order valence-corrected chi connectivity index (χ0v) is 13.3. The molecule has 0 aliphatic rings. The SMILES string of the molecule is CCn1cccc1CNc1cc(Cl)cc(Br)c1OC. The number of hydrogen-bond acceptors (Lipinski definition) is 2. The second kappa shape index (κ2) is 6.35. The van der Waals surface area contributed by atoms with Crippen LogP contribution in [-0.2, 0) is 13.1 Å². The molecule has 0 amide bonds. The maximum absolute atomic E-state index is 6.07. The van der Waals surface area contributed by atoms with Crippen molar-refractivity contribution in [3.63, 3.8) is 0 Å². The quantitative estimate of drug-likeness (QED) is 0.862. The first-order valence-corrected chi connectivity index (χ1v) is 7.23. The summed E-state index contributed by atoms with van der Waals surface area (Å²) >= 11 is 9.52. The van der Waals surface area contributed by atoms with Gasteiger partial charge in [-0.3, -0.25) is 0 Å². The van der Waals surface area contributed by atoms with E-state index in [0.717, 1.165) is 29.0 Å². The van der Waals surface area contributed by atoms with Crippen LogP contribution >= 0.6 is 27.5 Å². The Labute approximate surface area is 126 Å². The lowest BCUT2D eigenvalue weighted by Crippen LogP contribution is -2.07. The van der Waals surface area contributed by atoms with Gasteiger partial charge < -0.3 is 14.6 Å². The first kappa shape index (κ1) is 14.3. The molecule has 0 aliphatic carbocycles. The standard InChI is InChI=1S/C14H16BrClN2O/c1-3-18-6-4-5-11(18)9-17-13-8-10(16)7-12(15)14(13)19-2/h4-8,17H,3,9H2,1-2H3. The van der Waals surface area contributed by atoms with Crippen molar-refractivity contribution in [2.45, 2.75) is 20.0 Å². The molecule has 19 heavy (non-hydrogen) atoms. The van der Waals surface area contributed by atoms with Gasteiger partial charge in [0.2, 0.25) is 0 Å². The highest BCUT2D eigenvalue weighted by atomic mass is 79.9. The fourth-order valence-electron chi connectivity index (χ4n) is 2.00. The van der Waals surface area contributed by atoms with Gasteiger partial charge >= 0.3 is 0 Å². The normalized spacial score (nSPS) is 10.5. The summed E-state index contributed by atoms with van der Waals surface area (Å²) in [7, 11) is 1.65. The highest BCUT2D eigenvalue weighted by Gasteiger charge is 2.09. The first-order valence-electron chi connectivity index (χ1n) is 6.06. The van der Waals surface area contributed by atoms with Crippen molar-refractivity contribution in [2.24, 2.45) is 0 Å². The van der Waals surface area contributed by atoms with Crippen molar-refractivity contribution in [1.82, 2.24) is 4.57 Å². The fourth-order valence-corrected chi connectivity index (χ4v) is 2.98. The Hall–Kier alpha value is -1.13. The van der Waals surface area contributed by atoms with Crippen LogP contribution in [0.25, 0.3) is 0 Å². The average Bonchev–Trinajstić information content (AvgIpc) is 2.83. The van der Waals surface area contributed by atoms with Gasteiger partial charge in [-0.25, -0.2) is 0 Å². The van der Waals surface area contributed by atoms with E-state index in [1.165, 1.54) is 5.69 Å². The summed E-state index contributed by atoms with van der Waals surface area (Å²) in [5.41, 5.74) is 2.10. The maximum atomic E-state index is 6.07. The summed E-state index contributed by atoms with van der Waals surface area (Å²) in [4.78, 5) is 0. The van der Waals surface area contributed by atoms with Crippen molar-refractivity contribution < 1.29 is 4.74 Å². The Morgan fingerprint density at radius 1 is 1.42 bits per heavy atom. The number of benzene rings is 1. The van der Waals surface area contributed by atoms with Crippen LogP contribution < -0.4 is 10.1 Å². The van der Waals surface area contributed by atoms with E-state index in [-0.39, 0.29) is 0 Å². The number of methoxy groups -OCH3 is 1. The molecular weight excluding hydrogens is 328 g/mol. The van der Waals surface area contributed by atoms with Crippen molar-refractivity contribution in [1.29, 1.82) is 0 Å². The van der Waals surface area contributed by atoms with Crippen molar-refractivity contribution in [3.05, 3.63) is 45.7 Å². The van der Waals surface area contributed by atoms with Crippen LogP contribution in [0.5, 0.6) is 5.75 Å². The van der Waals surface area contributed by atoms with Crippen LogP contribution in [0.15, 0.2) is 34.9 Å². The van der Waals surface area contributed by atoms with Crippen molar-refractivity contribution >= 4 is 33.2 Å². The predicted molar refractivity (Wildman–Crippen MR) is 83.1 cm³/mol. The number of hydrogen-bond donors (Lipinski definition) is 1. The molecule has 0 radical (unpaired) electrons. The van der Waals surface area contributed by atoms with Crippen LogP contribution in [0.1, 0.15) is 12.6 Å². The third-order valence-electron chi connectivity index (χ3n) is 2.94. The molecule has 1 aromatic heterocycles. The van der Waals surface area contributed by atoms with Crippen LogP contribution in [0.3, 0.4) is 0 Å². The minimum atomic E-state index is 0.668. The minimum Gasteiger partial charge on any atom is -0.493 e. The summed E-state index contributed by atoms with van der Waals surface area (Å²) < 4.78 is 8.42. The van der Waals surface area contributed by atoms with Gasteiger partial charge in [0.1, 0.15) is 0 Å². The third kappa shape index (κ3) is 3.25. The van der Waals surface area contributed by atoms with Crippen molar-refractivity contribution in [3.8, 4) is 5.75 Å². The maximum Gasteiger partial charge on any atom is 0.156 e. The monoisotopic (exact) mass is 342 g/mol. The summed E-state index contributed by atoms with van der Waals surface area (Å²) in [6.45, 7) is 3.81. The molecule has 3 nitrogen and oxygen atoms in total. The molecule has 1 aromatic carbocycles. The van der Waals surface area contributed by atoms with Gasteiger partial charge in [-0.1, -0.05) is 11.6 Å². The molecule has 2 aromatic rings. The van der Waals surface area contributed by atoms with Gasteiger partial charge in [-0.05, 0) is 47.1 Å². The van der Waals surface area contributed by atoms with Crippen molar-refractivity contribution in [2.75, 3.05) is 12.4 Å². The summed E-state index contributed by atoms with van der Waals surface area (Å²) in [6, 6.07) is 7.83. The van der Waals surface area contributed by atoms with Gasteiger partial charge in [0.05, 0.1) is 23.8 Å². The topological polar surface area (TPSA) is 26.2 Å². The van der Waals surface area contributed by atoms with Crippen LogP contribution in [0, 0.1) is 0 Å². The number of aryl methyl sites for hydroxylation is 1. The van der Waals surface area contributed by atoms with Gasteiger partial charge in [0.25, 0.3) is 0 Å². The van der Waals surface area contributed by atoms with E-state index in [2.05, 4.69) is 45.0 Å². The zero-order valence-electron chi connectivity index (χ0n) is 10.9. The molecule has 0 fully saturated rings. The Kier molecular flexibility index (Phi) is 4.77. The molecule has 2 rings (SSSR count). The second-order valence-electron chi connectivity index (χ2n) is 4.11. The van der Waals surface area contributed by atoms with Gasteiger partial charge in [0, 0.05) is 23.5 Å². The Balaban J connectivity index is 2.19. The highest BCUT2D eigenvalue weighted by molar-refractivity contribution is 9.10. The van der Waals surface area contributed by atoms with Crippen LogP contribution in [-0.4, -0.2) is 11.7 Å². The number of halogens is 2. The van der Waals surface area contributed by atoms with Crippen LogP contribution in [0.4, 0.5) is 5.69 Å². The summed E-state index contributed by atoms with van der Waals surface area (Å²) in [5.74, 6) is 0.763. The first-order chi connectivity index (χ1) is 9.15. The number of nitrogens with one attached hydrogen (secondary N) is 1. The van der Waals surface area contributed by atoms with E-state index < -0.39 is 0 Å². The van der Waals surface area contributed by atoms with Gasteiger partial charge in [0.15, 0.2) is 5.75 Å². The van der Waals surface area contributed by atoms with Crippen LogP contribution in [0.2, 0.25) is 5.02 Å². The van der Waals surface area contributed by atoms with E-state index in [1.54, 1.807) is 7.11 Å². The lowest BCUT2D eigenvalue weighted by atomic mass is 10.3. The Morgan fingerprint density at radius 2 is 2.21 bits per heavy atom. The summed E-state index contributed by atoms with van der Waals surface area (Å²) in [6.07, 6.45) is 2.07. The van der Waals surface area contributed by atoms with E-state index >= 15 is 0 Å².